The van der Waals surface area contributed by atoms with Crippen LogP contribution in [0.1, 0.15) is 77.3 Å². The van der Waals surface area contributed by atoms with Gasteiger partial charge in [-0.25, -0.2) is 4.98 Å². The summed E-state index contributed by atoms with van der Waals surface area (Å²) in [5, 5.41) is 11.1. The second kappa shape index (κ2) is 14.1. The number of alkyl halides is 1. The fraction of sp³-hybridized carbons (Fsp3) is 0.576. The molecule has 12 heteroatoms. The number of thiazole rings is 1. The van der Waals surface area contributed by atoms with Gasteiger partial charge in [-0.3, -0.25) is 9.59 Å². The number of amides is 1. The van der Waals surface area contributed by atoms with E-state index in [9.17, 15) is 4.79 Å². The normalized spacial score (nSPS) is 17.6. The van der Waals surface area contributed by atoms with Crippen molar-refractivity contribution in [3.05, 3.63) is 46.8 Å². The number of ketones is 1. The Bertz CT molecular complexity index is 1490. The molecule has 45 heavy (non-hydrogen) atoms. The second-order valence-corrected chi connectivity index (χ2v) is 20.2. The van der Waals surface area contributed by atoms with Crippen LogP contribution in [0, 0.1) is 12.8 Å². The number of halogens is 1. The van der Waals surface area contributed by atoms with E-state index in [2.05, 4.69) is 70.6 Å². The van der Waals surface area contributed by atoms with Crippen LogP contribution >= 0.6 is 27.3 Å². The zero-order chi connectivity index (χ0) is 33.2. The van der Waals surface area contributed by atoms with E-state index in [1.54, 1.807) is 24.3 Å². The molecule has 2 N–H and O–H groups in total. The molecule has 0 saturated carbocycles. The van der Waals surface area contributed by atoms with E-state index >= 15 is 4.79 Å². The third-order valence-corrected chi connectivity index (χ3v) is 14.7. The third-order valence-electron chi connectivity index (χ3n) is 9.03. The molecular formula is C33H47BrN4O5SSi. The molecule has 3 atom stereocenters. The van der Waals surface area contributed by atoms with Crippen LogP contribution in [-0.2, 0) is 15.1 Å². The fourth-order valence-electron chi connectivity index (χ4n) is 5.37. The Hall–Kier alpha value is -2.54. The summed E-state index contributed by atoms with van der Waals surface area (Å²) in [5.74, 6) is -0.0232. The molecule has 1 aromatic carbocycles. The van der Waals surface area contributed by atoms with E-state index in [1.807, 2.05) is 44.5 Å². The Morgan fingerprint density at radius 3 is 2.53 bits per heavy atom. The number of rotatable bonds is 13. The Morgan fingerprint density at radius 1 is 1.22 bits per heavy atom. The minimum Gasteiger partial charge on any atom is -0.543 e. The Morgan fingerprint density at radius 2 is 1.96 bits per heavy atom. The maximum absolute atomic E-state index is 15.0. The molecule has 2 aromatic heterocycles. The van der Waals surface area contributed by atoms with Gasteiger partial charge in [0.2, 0.25) is 14.2 Å². The maximum Gasteiger partial charge on any atom is 0.254 e. The molecule has 1 unspecified atom stereocenters. The van der Waals surface area contributed by atoms with E-state index in [0.29, 0.717) is 41.3 Å². The summed E-state index contributed by atoms with van der Waals surface area (Å²) < 4.78 is 18.4. The summed E-state index contributed by atoms with van der Waals surface area (Å²) in [7, 11) is -2.40. The lowest BCUT2D eigenvalue weighted by atomic mass is 9.75. The predicted molar refractivity (Wildman–Crippen MR) is 185 cm³/mol. The smallest absolute Gasteiger partial charge is 0.254 e. The van der Waals surface area contributed by atoms with Crippen molar-refractivity contribution in [2.75, 3.05) is 18.5 Å². The molecule has 1 saturated heterocycles. The molecule has 1 aliphatic rings. The van der Waals surface area contributed by atoms with Crippen molar-refractivity contribution in [2.45, 2.75) is 96.9 Å². The van der Waals surface area contributed by atoms with Crippen LogP contribution in [0.5, 0.6) is 11.6 Å². The molecule has 0 aliphatic carbocycles. The first-order valence-corrected chi connectivity index (χ1v) is 20.5. The topological polar surface area (TPSA) is 116 Å². The van der Waals surface area contributed by atoms with Gasteiger partial charge < -0.3 is 24.3 Å². The zero-order valence-corrected chi connectivity index (χ0v) is 31.3. The van der Waals surface area contributed by atoms with E-state index in [4.69, 9.17) is 13.7 Å². The highest BCUT2D eigenvalue weighted by molar-refractivity contribution is 9.09. The van der Waals surface area contributed by atoms with Crippen molar-refractivity contribution in [3.63, 3.8) is 0 Å². The van der Waals surface area contributed by atoms with Crippen molar-refractivity contribution in [1.29, 1.82) is 0 Å². The van der Waals surface area contributed by atoms with Crippen LogP contribution < -0.4 is 19.8 Å². The molecule has 0 radical (unpaired) electrons. The van der Waals surface area contributed by atoms with Gasteiger partial charge in [0, 0.05) is 17.0 Å². The molecule has 0 spiro atoms. The number of carbonyl (C=O) groups excluding carboxylic acids is 2. The van der Waals surface area contributed by atoms with Gasteiger partial charge in [-0.1, -0.05) is 62.7 Å². The van der Waals surface area contributed by atoms with Gasteiger partial charge in [-0.15, -0.1) is 11.3 Å². The first-order valence-electron chi connectivity index (χ1n) is 15.6. The van der Waals surface area contributed by atoms with E-state index in [0.717, 1.165) is 29.1 Å². The highest BCUT2D eigenvalue weighted by Gasteiger charge is 2.48. The molecule has 4 rings (SSSR count). The number of nitrogens with one attached hydrogen (secondary N) is 2. The number of benzene rings is 1. The minimum atomic E-state index is -2.40. The molecule has 1 amide bonds. The van der Waals surface area contributed by atoms with Gasteiger partial charge in [0.05, 0.1) is 34.6 Å². The van der Waals surface area contributed by atoms with Gasteiger partial charge in [0.1, 0.15) is 11.3 Å². The van der Waals surface area contributed by atoms with Gasteiger partial charge in [0.25, 0.3) is 5.88 Å². The van der Waals surface area contributed by atoms with Crippen LogP contribution in [-0.4, -0.2) is 54.7 Å². The van der Waals surface area contributed by atoms with Crippen molar-refractivity contribution in [1.82, 2.24) is 20.8 Å². The number of aromatic nitrogens is 2. The fourth-order valence-corrected chi connectivity index (χ4v) is 7.36. The Labute approximate surface area is 280 Å². The molecular weight excluding hydrogens is 672 g/mol. The Kier molecular flexibility index (Phi) is 11.0. The van der Waals surface area contributed by atoms with Crippen LogP contribution in [0.3, 0.4) is 0 Å². The van der Waals surface area contributed by atoms with Crippen LogP contribution in [0.2, 0.25) is 18.1 Å². The van der Waals surface area contributed by atoms with Gasteiger partial charge in [-0.05, 0) is 74.1 Å². The lowest BCUT2D eigenvalue weighted by Crippen LogP contribution is -2.56. The second-order valence-electron chi connectivity index (χ2n) is 13.8. The standard InChI is InChI=1S/C33H47BrN4O5SSi/c1-20(2)28(26-18-27(38-42-26)41-16-14-34)30(39)33(7,37-31(40)24-11-10-15-35-24)23-13-12-22(29-21(3)36-19-44-29)17-25(23)43-45(8,9)32(4,5)6/h12-13,17-20,24,28,35H,10-11,14-16H2,1-9H3,(H,37,40)/t24?,28-,33+/m1/s1. The van der Waals surface area contributed by atoms with Crippen LogP contribution in [0.25, 0.3) is 10.4 Å². The van der Waals surface area contributed by atoms with Gasteiger partial charge in [0.15, 0.2) is 11.5 Å². The van der Waals surface area contributed by atoms with E-state index in [1.165, 1.54) is 0 Å². The molecule has 9 nitrogen and oxygen atoms in total. The monoisotopic (exact) mass is 718 g/mol. The van der Waals surface area contributed by atoms with E-state index in [-0.39, 0.29) is 28.7 Å². The summed E-state index contributed by atoms with van der Waals surface area (Å²) in [5.41, 5.74) is 2.86. The zero-order valence-electron chi connectivity index (χ0n) is 27.9. The van der Waals surface area contributed by atoms with Crippen molar-refractivity contribution < 1.29 is 23.3 Å². The number of ether oxygens (including phenoxy) is 1. The van der Waals surface area contributed by atoms with Gasteiger partial charge in [-0.2, -0.15) is 0 Å². The molecule has 3 aromatic rings. The van der Waals surface area contributed by atoms with Crippen molar-refractivity contribution in [2.24, 2.45) is 5.92 Å². The lowest BCUT2D eigenvalue weighted by Gasteiger charge is -2.40. The number of hydrogen-bond donors (Lipinski definition) is 2. The number of Topliss-reactive ketones (excluding diaryl/α,β-unsaturated/α-hetero) is 1. The number of hydrogen-bond acceptors (Lipinski definition) is 9. The maximum atomic E-state index is 15.0. The van der Waals surface area contributed by atoms with E-state index < -0.39 is 19.8 Å². The first kappa shape index (κ1) is 35.3. The molecule has 1 aliphatic heterocycles. The molecule has 1 fully saturated rings. The molecule has 246 valence electrons. The molecule has 0 bridgehead atoms. The SMILES string of the molecule is Cc1ncsc1-c1ccc([C@](C)(NC(=O)C2CCCN2)C(=O)[C@@H](c2cc(OCCBr)no2)C(C)C)c(O[Si](C)(C)C(C)(C)C)c1. The first-order chi connectivity index (χ1) is 21.1. The molecule has 3 heterocycles. The number of carbonyl (C=O) groups is 2. The average molecular weight is 720 g/mol. The summed E-state index contributed by atoms with van der Waals surface area (Å²) in [6, 6.07) is 7.22. The Balaban J connectivity index is 1.90. The lowest BCUT2D eigenvalue weighted by molar-refractivity contribution is -0.134. The number of aryl methyl sites for hydroxylation is 1. The quantitative estimate of drug-likeness (QED) is 0.139. The van der Waals surface area contributed by atoms with Gasteiger partial charge >= 0.3 is 0 Å². The van der Waals surface area contributed by atoms with Crippen molar-refractivity contribution in [3.8, 4) is 22.1 Å². The highest BCUT2D eigenvalue weighted by atomic mass is 79.9. The summed E-state index contributed by atoms with van der Waals surface area (Å²) in [6.07, 6.45) is 1.60. The van der Waals surface area contributed by atoms with Crippen molar-refractivity contribution >= 4 is 47.3 Å². The largest absolute Gasteiger partial charge is 0.543 e. The minimum absolute atomic E-state index is 0.107. The highest BCUT2D eigenvalue weighted by Crippen LogP contribution is 2.44. The summed E-state index contributed by atoms with van der Waals surface area (Å²) >= 11 is 4.92. The third kappa shape index (κ3) is 7.72. The predicted octanol–water partition coefficient (Wildman–Crippen LogP) is 7.36. The summed E-state index contributed by atoms with van der Waals surface area (Å²) in [6.45, 7) is 19.8. The van der Waals surface area contributed by atoms with Crippen LogP contribution in [0.4, 0.5) is 0 Å². The summed E-state index contributed by atoms with van der Waals surface area (Å²) in [4.78, 5) is 34.3. The van der Waals surface area contributed by atoms with Crippen LogP contribution in [0.15, 0.2) is 34.3 Å². The number of nitrogens with zero attached hydrogens (tertiary/aromatic N) is 2. The average Bonchev–Trinajstić information content (AvgIpc) is 3.74.